The first-order chi connectivity index (χ1) is 8.58. The first kappa shape index (κ1) is 10.1. The largest absolute Gasteiger partial charge is 0.554 e. The first-order valence-electron chi connectivity index (χ1n) is 4.78. The van der Waals surface area contributed by atoms with Crippen molar-refractivity contribution in [1.29, 1.82) is 0 Å². The molecule has 90 valence electrons. The van der Waals surface area contributed by atoms with E-state index in [4.69, 9.17) is 0 Å². The molecule has 0 aliphatic rings. The number of rotatable bonds is 2. The van der Waals surface area contributed by atoms with Crippen LogP contribution in [0.15, 0.2) is 24.4 Å². The van der Waals surface area contributed by atoms with E-state index in [1.54, 1.807) is 0 Å². The van der Waals surface area contributed by atoms with Crippen molar-refractivity contribution in [3.8, 4) is 0 Å². The topological polar surface area (TPSA) is 123 Å². The van der Waals surface area contributed by atoms with Gasteiger partial charge in [0.15, 0.2) is 0 Å². The van der Waals surface area contributed by atoms with Crippen molar-refractivity contribution in [2.24, 2.45) is 0 Å². The van der Waals surface area contributed by atoms with Crippen LogP contribution in [0.3, 0.4) is 0 Å². The smallest absolute Gasteiger partial charge is 0.258 e. The van der Waals surface area contributed by atoms with E-state index in [0.29, 0.717) is 11.0 Å². The van der Waals surface area contributed by atoms with E-state index in [1.807, 2.05) is 0 Å². The zero-order valence-electron chi connectivity index (χ0n) is 8.68. The lowest BCUT2D eigenvalue weighted by Crippen LogP contribution is -2.28. The van der Waals surface area contributed by atoms with Gasteiger partial charge in [-0.3, -0.25) is 20.2 Å². The molecule has 0 atom stereocenters. The van der Waals surface area contributed by atoms with Gasteiger partial charge in [0.2, 0.25) is 6.20 Å². The minimum Gasteiger partial charge on any atom is -0.258 e. The van der Waals surface area contributed by atoms with Crippen LogP contribution in [-0.4, -0.2) is 24.8 Å². The number of non-ortho nitro benzene ring substituents is 1. The molecular formula is C8H5N6O4+. The summed E-state index contributed by atoms with van der Waals surface area (Å²) in [4.78, 5) is 20.3. The molecule has 3 aromatic rings. The molecule has 0 radical (unpaired) electrons. The predicted octanol–water partition coefficient (Wildman–Crippen LogP) is 0.217. The van der Waals surface area contributed by atoms with Gasteiger partial charge in [0.05, 0.1) is 15.7 Å². The van der Waals surface area contributed by atoms with Crippen LogP contribution in [0.2, 0.25) is 0 Å². The molecule has 0 spiro atoms. The van der Waals surface area contributed by atoms with Gasteiger partial charge in [-0.25, -0.2) is 5.10 Å². The molecule has 0 aliphatic carbocycles. The normalized spacial score (nSPS) is 11.1. The van der Waals surface area contributed by atoms with E-state index in [-0.39, 0.29) is 11.5 Å². The Balaban J connectivity index is 2.44. The summed E-state index contributed by atoms with van der Waals surface area (Å²) in [7, 11) is 0. The molecular weight excluding hydrogens is 244 g/mol. The molecule has 1 aromatic carbocycles. The lowest BCUT2D eigenvalue weighted by molar-refractivity contribution is -0.655. The summed E-state index contributed by atoms with van der Waals surface area (Å²) in [5.41, 5.74) is 0.678. The third-order valence-electron chi connectivity index (χ3n) is 2.52. The highest BCUT2D eigenvalue weighted by molar-refractivity contribution is 5.73. The number of hydrogen-bond acceptors (Lipinski definition) is 5. The van der Waals surface area contributed by atoms with Crippen molar-refractivity contribution in [1.82, 2.24) is 14.9 Å². The van der Waals surface area contributed by atoms with Crippen LogP contribution in [0, 0.1) is 20.2 Å². The standard InChI is InChI=1S/C8H5N6O4/c15-12(16)5-1-2-6-7(3-5)11-8(13(17)18)4-9-14(11)10-6/h1-4H,(H,9,10)/q+1. The van der Waals surface area contributed by atoms with Crippen molar-refractivity contribution >= 4 is 22.5 Å². The number of benzene rings is 1. The molecule has 0 saturated heterocycles. The third kappa shape index (κ3) is 1.22. The summed E-state index contributed by atoms with van der Waals surface area (Å²) < 4.78 is 2.30. The van der Waals surface area contributed by atoms with Crippen LogP contribution in [0.1, 0.15) is 0 Å². The van der Waals surface area contributed by atoms with Gasteiger partial charge in [0.1, 0.15) is 10.4 Å². The van der Waals surface area contributed by atoms with E-state index in [0.717, 1.165) is 15.5 Å². The predicted molar refractivity (Wildman–Crippen MR) is 56.0 cm³/mol. The molecule has 0 amide bonds. The Morgan fingerprint density at radius 3 is 2.72 bits per heavy atom. The summed E-state index contributed by atoms with van der Waals surface area (Å²) >= 11 is 0. The van der Waals surface area contributed by atoms with Crippen LogP contribution >= 0.6 is 0 Å². The number of hydrogen-bond donors (Lipinski definition) is 1. The van der Waals surface area contributed by atoms with Crippen LogP contribution in [0.5, 0.6) is 0 Å². The van der Waals surface area contributed by atoms with E-state index >= 15 is 0 Å². The average Bonchev–Trinajstić information content (AvgIpc) is 2.85. The third-order valence-corrected chi connectivity index (χ3v) is 2.52. The molecule has 0 saturated carbocycles. The fourth-order valence-corrected chi connectivity index (χ4v) is 1.75. The number of nitrogens with one attached hydrogen (secondary N) is 1. The fourth-order valence-electron chi connectivity index (χ4n) is 1.75. The molecule has 0 unspecified atom stereocenters. The Kier molecular flexibility index (Phi) is 1.82. The van der Waals surface area contributed by atoms with Crippen molar-refractivity contribution in [2.75, 3.05) is 0 Å². The van der Waals surface area contributed by atoms with Gasteiger partial charge in [-0.05, 0) is 6.07 Å². The lowest BCUT2D eigenvalue weighted by atomic mass is 10.3. The number of fused-ring (bicyclic) bond motifs is 3. The van der Waals surface area contributed by atoms with Crippen molar-refractivity contribution in [3.63, 3.8) is 0 Å². The Labute approximate surface area is 97.3 Å². The molecule has 2 heterocycles. The summed E-state index contributed by atoms with van der Waals surface area (Å²) in [5.74, 6) is -0.276. The van der Waals surface area contributed by atoms with E-state index in [9.17, 15) is 20.2 Å². The summed E-state index contributed by atoms with van der Waals surface area (Å²) in [5, 5.41) is 28.0. The maximum absolute atomic E-state index is 10.8. The second kappa shape index (κ2) is 3.23. The number of aromatic amines is 1. The number of nitro benzene ring substituents is 1. The zero-order valence-corrected chi connectivity index (χ0v) is 8.68. The highest BCUT2D eigenvalue weighted by atomic mass is 16.6. The van der Waals surface area contributed by atoms with Crippen molar-refractivity contribution < 1.29 is 14.4 Å². The van der Waals surface area contributed by atoms with Crippen LogP contribution in [-0.2, 0) is 0 Å². The van der Waals surface area contributed by atoms with Crippen LogP contribution in [0.25, 0.3) is 11.0 Å². The Morgan fingerprint density at radius 1 is 1.28 bits per heavy atom. The Bertz CT molecular complexity index is 802. The molecule has 2 aromatic heterocycles. The molecule has 18 heavy (non-hydrogen) atoms. The Hall–Kier alpha value is -3.04. The fraction of sp³-hybridized carbons (Fsp3) is 0. The molecule has 10 nitrogen and oxygen atoms in total. The molecule has 1 N–H and O–H groups in total. The SMILES string of the molecule is O=[N+]([O-])c1ccc2[nH]n3ncc([N+](=O)[O-])[n+]3c2c1. The van der Waals surface area contributed by atoms with Crippen molar-refractivity contribution in [3.05, 3.63) is 44.6 Å². The monoisotopic (exact) mass is 249 g/mol. The molecule has 0 bridgehead atoms. The second-order valence-electron chi connectivity index (χ2n) is 3.53. The highest BCUT2D eigenvalue weighted by Gasteiger charge is 2.30. The van der Waals surface area contributed by atoms with Gasteiger partial charge >= 0.3 is 5.82 Å². The highest BCUT2D eigenvalue weighted by Crippen LogP contribution is 2.17. The lowest BCUT2D eigenvalue weighted by Gasteiger charge is -1.86. The maximum Gasteiger partial charge on any atom is 0.554 e. The first-order valence-corrected chi connectivity index (χ1v) is 4.78. The zero-order chi connectivity index (χ0) is 12.9. The second-order valence-corrected chi connectivity index (χ2v) is 3.53. The minimum absolute atomic E-state index is 0.146. The molecule has 0 fully saturated rings. The molecule has 3 rings (SSSR count). The number of H-pyrrole nitrogens is 1. The molecule has 0 aliphatic heterocycles. The summed E-state index contributed by atoms with van der Waals surface area (Å²) in [6.45, 7) is 0. The van der Waals surface area contributed by atoms with E-state index in [2.05, 4.69) is 10.2 Å². The van der Waals surface area contributed by atoms with E-state index < -0.39 is 9.85 Å². The van der Waals surface area contributed by atoms with Crippen LogP contribution < -0.4 is 4.52 Å². The number of nitro groups is 2. The van der Waals surface area contributed by atoms with E-state index in [1.165, 1.54) is 18.2 Å². The van der Waals surface area contributed by atoms with Gasteiger partial charge in [0.25, 0.3) is 11.2 Å². The van der Waals surface area contributed by atoms with Crippen LogP contribution in [0.4, 0.5) is 11.5 Å². The summed E-state index contributed by atoms with van der Waals surface area (Å²) in [6.07, 6.45) is 1.06. The van der Waals surface area contributed by atoms with Gasteiger partial charge in [-0.1, -0.05) is 5.10 Å². The average molecular weight is 249 g/mol. The van der Waals surface area contributed by atoms with Crippen molar-refractivity contribution in [2.45, 2.75) is 0 Å². The Morgan fingerprint density at radius 2 is 2.06 bits per heavy atom. The van der Waals surface area contributed by atoms with Gasteiger partial charge < -0.3 is 0 Å². The molecule has 10 heteroatoms. The van der Waals surface area contributed by atoms with Gasteiger partial charge in [-0.2, -0.15) is 0 Å². The number of nitrogens with zero attached hydrogens (tertiary/aromatic N) is 5. The quantitative estimate of drug-likeness (QED) is 0.395. The number of aromatic nitrogens is 4. The van der Waals surface area contributed by atoms with Gasteiger partial charge in [0, 0.05) is 10.6 Å². The maximum atomic E-state index is 10.8. The van der Waals surface area contributed by atoms with Gasteiger partial charge in [-0.15, -0.1) is 0 Å². The summed E-state index contributed by atoms with van der Waals surface area (Å²) in [6, 6.07) is 4.03. The minimum atomic E-state index is -0.612.